The third-order valence-corrected chi connectivity index (χ3v) is 4.61. The molecule has 1 heterocycles. The average Bonchev–Trinajstić information content (AvgIpc) is 2.25. The van der Waals surface area contributed by atoms with Gasteiger partial charge in [-0.1, -0.05) is 0 Å². The number of hydrogen-bond acceptors (Lipinski definition) is 5. The van der Waals surface area contributed by atoms with E-state index < -0.39 is 21.5 Å². The van der Waals surface area contributed by atoms with E-state index in [0.29, 0.717) is 39.1 Å². The predicted molar refractivity (Wildman–Crippen MR) is 69.3 cm³/mol. The van der Waals surface area contributed by atoms with Crippen molar-refractivity contribution < 1.29 is 13.2 Å². The molecule has 1 aliphatic heterocycles. The van der Waals surface area contributed by atoms with Gasteiger partial charge in [-0.2, -0.15) is 4.31 Å². The molecule has 8 heteroatoms. The van der Waals surface area contributed by atoms with E-state index in [-0.39, 0.29) is 0 Å². The van der Waals surface area contributed by atoms with Gasteiger partial charge in [0, 0.05) is 32.7 Å². The van der Waals surface area contributed by atoms with Crippen molar-refractivity contribution >= 4 is 15.9 Å². The molecule has 1 fully saturated rings. The third-order valence-electron chi connectivity index (χ3n) is 3.31. The molecule has 1 saturated heterocycles. The predicted octanol–water partition coefficient (Wildman–Crippen LogP) is -1.84. The van der Waals surface area contributed by atoms with Crippen molar-refractivity contribution in [2.45, 2.75) is 18.9 Å². The van der Waals surface area contributed by atoms with E-state index >= 15 is 0 Å². The van der Waals surface area contributed by atoms with Crippen LogP contribution in [0.4, 0.5) is 0 Å². The fourth-order valence-electron chi connectivity index (χ4n) is 1.80. The lowest BCUT2D eigenvalue weighted by molar-refractivity contribution is -0.122. The van der Waals surface area contributed by atoms with Crippen LogP contribution in [0.1, 0.15) is 13.3 Å². The van der Waals surface area contributed by atoms with Gasteiger partial charge in [-0.15, -0.1) is 0 Å². The maximum absolute atomic E-state index is 11.3. The lowest BCUT2D eigenvalue weighted by atomic mass is 9.98. The first-order valence-electron chi connectivity index (χ1n) is 5.89. The molecule has 0 aliphatic carbocycles. The Labute approximate surface area is 108 Å². The number of carbonyl (C=O) groups is 1. The summed E-state index contributed by atoms with van der Waals surface area (Å²) in [6, 6.07) is 0. The number of carbonyl (C=O) groups excluding carboxylic acids is 1. The Morgan fingerprint density at radius 3 is 2.17 bits per heavy atom. The van der Waals surface area contributed by atoms with Crippen LogP contribution in [0.25, 0.3) is 0 Å². The third kappa shape index (κ3) is 4.20. The molecule has 106 valence electrons. The summed E-state index contributed by atoms with van der Waals surface area (Å²) in [7, 11) is -3.10. The molecule has 1 rings (SSSR count). The SMILES string of the molecule is CC(N)(CCN1CCN(S(C)(=O)=O)CC1)C(N)=O. The van der Waals surface area contributed by atoms with E-state index in [1.54, 1.807) is 6.92 Å². The summed E-state index contributed by atoms with van der Waals surface area (Å²) in [6.07, 6.45) is 1.69. The van der Waals surface area contributed by atoms with E-state index in [4.69, 9.17) is 11.5 Å². The first kappa shape index (κ1) is 15.4. The number of nitrogens with zero attached hydrogens (tertiary/aromatic N) is 2. The number of amides is 1. The van der Waals surface area contributed by atoms with Crippen LogP contribution < -0.4 is 11.5 Å². The second-order valence-electron chi connectivity index (χ2n) is 5.04. The number of nitrogens with two attached hydrogens (primary N) is 2. The Morgan fingerprint density at radius 2 is 1.78 bits per heavy atom. The largest absolute Gasteiger partial charge is 0.368 e. The summed E-state index contributed by atoms with van der Waals surface area (Å²) in [5.41, 5.74) is 9.95. The van der Waals surface area contributed by atoms with Crippen molar-refractivity contribution in [3.05, 3.63) is 0 Å². The molecule has 1 amide bonds. The van der Waals surface area contributed by atoms with E-state index in [9.17, 15) is 13.2 Å². The van der Waals surface area contributed by atoms with Crippen LogP contribution in [0.5, 0.6) is 0 Å². The normalized spacial score (nSPS) is 22.6. The van der Waals surface area contributed by atoms with Crippen LogP contribution in [0.15, 0.2) is 0 Å². The van der Waals surface area contributed by atoms with Crippen molar-refractivity contribution in [1.82, 2.24) is 9.21 Å². The Morgan fingerprint density at radius 1 is 1.28 bits per heavy atom. The molecule has 0 aromatic carbocycles. The quantitative estimate of drug-likeness (QED) is 0.614. The second kappa shape index (κ2) is 5.52. The topological polar surface area (TPSA) is 110 Å². The fourth-order valence-corrected chi connectivity index (χ4v) is 2.62. The number of piperazine rings is 1. The van der Waals surface area contributed by atoms with Gasteiger partial charge in [0.1, 0.15) is 0 Å². The van der Waals surface area contributed by atoms with Gasteiger partial charge in [0.25, 0.3) is 0 Å². The smallest absolute Gasteiger partial charge is 0.237 e. The van der Waals surface area contributed by atoms with Gasteiger partial charge in [0.05, 0.1) is 11.8 Å². The number of hydrogen-bond donors (Lipinski definition) is 2. The summed E-state index contributed by atoms with van der Waals surface area (Å²) in [4.78, 5) is 13.2. The lowest BCUT2D eigenvalue weighted by Crippen LogP contribution is -2.53. The van der Waals surface area contributed by atoms with Gasteiger partial charge in [-0.05, 0) is 13.3 Å². The van der Waals surface area contributed by atoms with Gasteiger partial charge in [-0.3, -0.25) is 4.79 Å². The van der Waals surface area contributed by atoms with Crippen LogP contribution in [0, 0.1) is 0 Å². The Balaban J connectivity index is 2.39. The van der Waals surface area contributed by atoms with Crippen LogP contribution in [-0.2, 0) is 14.8 Å². The standard InChI is InChI=1S/C10H22N4O3S/c1-10(12,9(11)15)3-4-13-5-7-14(8-6-13)18(2,16)17/h3-8,12H2,1-2H3,(H2,11,15). The lowest BCUT2D eigenvalue weighted by Gasteiger charge is -2.34. The van der Waals surface area contributed by atoms with Crippen LogP contribution in [0.2, 0.25) is 0 Å². The molecule has 0 radical (unpaired) electrons. The van der Waals surface area contributed by atoms with Crippen molar-refractivity contribution in [2.24, 2.45) is 11.5 Å². The monoisotopic (exact) mass is 278 g/mol. The Bertz CT molecular complexity index is 399. The minimum atomic E-state index is -3.10. The van der Waals surface area contributed by atoms with Gasteiger partial charge in [-0.25, -0.2) is 8.42 Å². The van der Waals surface area contributed by atoms with Crippen molar-refractivity contribution in [3.63, 3.8) is 0 Å². The molecule has 0 aromatic rings. The fraction of sp³-hybridized carbons (Fsp3) is 0.900. The Kier molecular flexibility index (Phi) is 4.71. The molecule has 1 aliphatic rings. The maximum Gasteiger partial charge on any atom is 0.237 e. The van der Waals surface area contributed by atoms with Crippen LogP contribution in [-0.4, -0.2) is 68.0 Å². The number of primary amides is 1. The Hall–Kier alpha value is -0.700. The highest BCUT2D eigenvalue weighted by Gasteiger charge is 2.28. The van der Waals surface area contributed by atoms with Crippen molar-refractivity contribution in [3.8, 4) is 0 Å². The number of rotatable bonds is 5. The highest BCUT2D eigenvalue weighted by Crippen LogP contribution is 2.10. The maximum atomic E-state index is 11.3. The molecule has 18 heavy (non-hydrogen) atoms. The van der Waals surface area contributed by atoms with Gasteiger partial charge >= 0.3 is 0 Å². The highest BCUT2D eigenvalue weighted by atomic mass is 32.2. The zero-order valence-electron chi connectivity index (χ0n) is 10.9. The van der Waals surface area contributed by atoms with Crippen LogP contribution in [0.3, 0.4) is 0 Å². The second-order valence-corrected chi connectivity index (χ2v) is 7.02. The molecule has 1 unspecified atom stereocenters. The van der Waals surface area contributed by atoms with Gasteiger partial charge in [0.2, 0.25) is 15.9 Å². The van der Waals surface area contributed by atoms with Gasteiger partial charge in [0.15, 0.2) is 0 Å². The molecule has 1 atom stereocenters. The van der Waals surface area contributed by atoms with Gasteiger partial charge < -0.3 is 16.4 Å². The first-order valence-corrected chi connectivity index (χ1v) is 7.74. The molecule has 4 N–H and O–H groups in total. The van der Waals surface area contributed by atoms with E-state index in [2.05, 4.69) is 4.90 Å². The molecule has 7 nitrogen and oxygen atoms in total. The molecule has 0 bridgehead atoms. The molecule has 0 spiro atoms. The van der Waals surface area contributed by atoms with E-state index in [1.165, 1.54) is 10.6 Å². The first-order chi connectivity index (χ1) is 8.13. The summed E-state index contributed by atoms with van der Waals surface area (Å²) >= 11 is 0. The summed E-state index contributed by atoms with van der Waals surface area (Å²) < 4.78 is 24.1. The summed E-state index contributed by atoms with van der Waals surface area (Å²) in [5, 5.41) is 0. The van der Waals surface area contributed by atoms with Crippen molar-refractivity contribution in [2.75, 3.05) is 39.0 Å². The van der Waals surface area contributed by atoms with E-state index in [1.807, 2.05) is 0 Å². The zero-order valence-corrected chi connectivity index (χ0v) is 11.7. The zero-order chi connectivity index (χ0) is 14.0. The highest BCUT2D eigenvalue weighted by molar-refractivity contribution is 7.88. The number of sulfonamides is 1. The minimum absolute atomic E-state index is 0.473. The minimum Gasteiger partial charge on any atom is -0.368 e. The van der Waals surface area contributed by atoms with Crippen molar-refractivity contribution in [1.29, 1.82) is 0 Å². The molecule has 0 aromatic heterocycles. The average molecular weight is 278 g/mol. The molecular formula is C10H22N4O3S. The summed E-state index contributed by atoms with van der Waals surface area (Å²) in [5.74, 6) is -0.516. The van der Waals surface area contributed by atoms with E-state index in [0.717, 1.165) is 0 Å². The summed E-state index contributed by atoms with van der Waals surface area (Å²) in [6.45, 7) is 4.53. The molecular weight excluding hydrogens is 256 g/mol. The molecule has 0 saturated carbocycles. The van der Waals surface area contributed by atoms with Crippen LogP contribution >= 0.6 is 0 Å².